The molecule has 164 valence electrons. The summed E-state index contributed by atoms with van der Waals surface area (Å²) in [6.07, 6.45) is 1.81. The minimum Gasteiger partial charge on any atom is -0.460 e. The number of nitrogens with zero attached hydrogens (tertiary/aromatic N) is 4. The first-order valence-electron chi connectivity index (χ1n) is 11.5. The zero-order chi connectivity index (χ0) is 21.4. The molecule has 1 aromatic heterocycles. The van der Waals surface area contributed by atoms with Gasteiger partial charge < -0.3 is 14.4 Å². The van der Waals surface area contributed by atoms with Crippen LogP contribution in [0.25, 0.3) is 11.3 Å². The summed E-state index contributed by atoms with van der Waals surface area (Å²) < 4.78 is 6.12. The van der Waals surface area contributed by atoms with Crippen LogP contribution in [-0.2, 0) is 6.54 Å². The zero-order valence-corrected chi connectivity index (χ0v) is 18.3. The van der Waals surface area contributed by atoms with Gasteiger partial charge in [0, 0.05) is 50.9 Å². The highest BCUT2D eigenvalue weighted by molar-refractivity contribution is 5.66. The zero-order valence-electron chi connectivity index (χ0n) is 18.3. The minimum absolute atomic E-state index is 0.206. The highest BCUT2D eigenvalue weighted by atomic mass is 16.3. The highest BCUT2D eigenvalue weighted by Crippen LogP contribution is 2.39. The average molecular weight is 421 g/mol. The predicted octanol–water partition coefficient (Wildman–Crippen LogP) is 2.64. The van der Waals surface area contributed by atoms with Gasteiger partial charge >= 0.3 is 0 Å². The van der Waals surface area contributed by atoms with Gasteiger partial charge in [0.25, 0.3) is 0 Å². The van der Waals surface area contributed by atoms with Crippen LogP contribution in [0.4, 0.5) is 0 Å². The van der Waals surface area contributed by atoms with E-state index in [4.69, 9.17) is 4.42 Å². The van der Waals surface area contributed by atoms with Gasteiger partial charge in [0.05, 0.1) is 24.3 Å². The van der Waals surface area contributed by atoms with Gasteiger partial charge in [-0.3, -0.25) is 9.80 Å². The van der Waals surface area contributed by atoms with Crippen molar-refractivity contribution in [1.82, 2.24) is 14.7 Å². The molecule has 1 saturated carbocycles. The molecule has 6 heteroatoms. The monoisotopic (exact) mass is 420 g/mol. The Kier molecular flexibility index (Phi) is 5.85. The van der Waals surface area contributed by atoms with Gasteiger partial charge in [-0.15, -0.1) is 0 Å². The lowest BCUT2D eigenvalue weighted by atomic mass is 9.77. The summed E-state index contributed by atoms with van der Waals surface area (Å²) in [6, 6.07) is 14.1. The number of likely N-dealkylation sites (N-methyl/N-ethyl adjacent to an activating group) is 1. The molecular weight excluding hydrogens is 388 g/mol. The Hall–Kier alpha value is -2.17. The number of aliphatic hydroxyl groups is 1. The fraction of sp³-hybridized carbons (Fsp3) is 0.560. The minimum atomic E-state index is -0.206. The van der Waals surface area contributed by atoms with E-state index in [0.29, 0.717) is 23.4 Å². The third kappa shape index (κ3) is 4.28. The lowest BCUT2D eigenvalue weighted by molar-refractivity contribution is -0.0249. The van der Waals surface area contributed by atoms with Gasteiger partial charge in [-0.2, -0.15) is 5.26 Å². The van der Waals surface area contributed by atoms with E-state index in [2.05, 4.69) is 27.8 Å². The van der Waals surface area contributed by atoms with E-state index in [-0.39, 0.29) is 6.10 Å². The van der Waals surface area contributed by atoms with Gasteiger partial charge in [0.1, 0.15) is 11.5 Å². The number of piperazine rings is 1. The molecule has 0 radical (unpaired) electrons. The first-order chi connectivity index (χ1) is 15.1. The number of nitriles is 1. The summed E-state index contributed by atoms with van der Waals surface area (Å²) in [5, 5.41) is 20.2. The van der Waals surface area contributed by atoms with Gasteiger partial charge in [0.15, 0.2) is 0 Å². The van der Waals surface area contributed by atoms with Crippen LogP contribution in [0.15, 0.2) is 40.8 Å². The Balaban J connectivity index is 1.22. The summed E-state index contributed by atoms with van der Waals surface area (Å²) in [4.78, 5) is 7.38. The first-order valence-corrected chi connectivity index (χ1v) is 11.5. The summed E-state index contributed by atoms with van der Waals surface area (Å²) in [7, 11) is 2.18. The summed E-state index contributed by atoms with van der Waals surface area (Å²) >= 11 is 0. The molecule has 2 aliphatic heterocycles. The molecule has 3 fully saturated rings. The Morgan fingerprint density at radius 1 is 1.03 bits per heavy atom. The molecule has 1 N–H and O–H groups in total. The first kappa shape index (κ1) is 20.7. The molecule has 6 nitrogen and oxygen atoms in total. The van der Waals surface area contributed by atoms with Crippen molar-refractivity contribution in [3.05, 3.63) is 47.7 Å². The number of hydrogen-bond donors (Lipinski definition) is 1. The largest absolute Gasteiger partial charge is 0.460 e. The maximum Gasteiger partial charge on any atom is 0.135 e. The number of aliphatic hydroxyl groups excluding tert-OH is 1. The van der Waals surface area contributed by atoms with Gasteiger partial charge in [-0.25, -0.2) is 0 Å². The van der Waals surface area contributed by atoms with Crippen molar-refractivity contribution in [1.29, 1.82) is 5.26 Å². The van der Waals surface area contributed by atoms with Crippen molar-refractivity contribution in [2.24, 2.45) is 11.8 Å². The molecule has 4 atom stereocenters. The van der Waals surface area contributed by atoms with E-state index in [9.17, 15) is 10.4 Å². The molecule has 1 aliphatic carbocycles. The van der Waals surface area contributed by atoms with E-state index >= 15 is 0 Å². The lowest BCUT2D eigenvalue weighted by Gasteiger charge is -2.44. The quantitative estimate of drug-likeness (QED) is 0.820. The number of furan rings is 1. The molecule has 0 spiro atoms. The standard InChI is InChI=1S/C25H32N4O2/c1-27-8-10-29(11-9-27)23-12-19-15-28(16-20(19)13-24(23)30)17-21-6-7-25(31-21)22-5-3-2-4-18(22)14-26/h2-7,19-20,23-24,30H,8-13,15-17H2,1H3/t19-,20+,23-,24-/m1/s1. The topological polar surface area (TPSA) is 66.9 Å². The van der Waals surface area contributed by atoms with Crippen molar-refractivity contribution in [3.63, 3.8) is 0 Å². The third-order valence-corrected chi connectivity index (χ3v) is 7.55. The van der Waals surface area contributed by atoms with E-state index in [1.807, 2.05) is 36.4 Å². The summed E-state index contributed by atoms with van der Waals surface area (Å²) in [5.74, 6) is 2.93. The summed E-state index contributed by atoms with van der Waals surface area (Å²) in [5.41, 5.74) is 1.49. The van der Waals surface area contributed by atoms with Crippen LogP contribution in [0.2, 0.25) is 0 Å². The third-order valence-electron chi connectivity index (χ3n) is 7.55. The second-order valence-electron chi connectivity index (χ2n) is 9.58. The van der Waals surface area contributed by atoms with Crippen LogP contribution < -0.4 is 0 Å². The maximum atomic E-state index is 10.9. The molecule has 3 aliphatic rings. The molecule has 0 unspecified atom stereocenters. The van der Waals surface area contributed by atoms with Crippen LogP contribution >= 0.6 is 0 Å². The number of likely N-dealkylation sites (tertiary alicyclic amines) is 1. The van der Waals surface area contributed by atoms with Gasteiger partial charge in [0.2, 0.25) is 0 Å². The van der Waals surface area contributed by atoms with Crippen molar-refractivity contribution < 1.29 is 9.52 Å². The van der Waals surface area contributed by atoms with Crippen molar-refractivity contribution >= 4 is 0 Å². The van der Waals surface area contributed by atoms with Crippen LogP contribution in [0.3, 0.4) is 0 Å². The number of rotatable bonds is 4. The molecule has 0 amide bonds. The molecule has 3 heterocycles. The number of hydrogen-bond acceptors (Lipinski definition) is 6. The van der Waals surface area contributed by atoms with Crippen LogP contribution in [0.1, 0.15) is 24.2 Å². The second-order valence-corrected chi connectivity index (χ2v) is 9.58. The Labute approximate surface area is 184 Å². The fourth-order valence-electron chi connectivity index (χ4n) is 5.80. The lowest BCUT2D eigenvalue weighted by Crippen LogP contribution is -2.55. The van der Waals surface area contributed by atoms with Gasteiger partial charge in [-0.1, -0.05) is 12.1 Å². The summed E-state index contributed by atoms with van der Waals surface area (Å²) in [6.45, 7) is 7.22. The Morgan fingerprint density at radius 2 is 1.77 bits per heavy atom. The molecule has 2 aromatic rings. The van der Waals surface area contributed by atoms with E-state index < -0.39 is 0 Å². The number of benzene rings is 1. The van der Waals surface area contributed by atoms with Crippen LogP contribution in [-0.4, -0.2) is 78.3 Å². The average Bonchev–Trinajstić information content (AvgIpc) is 3.40. The van der Waals surface area contributed by atoms with E-state index in [0.717, 1.165) is 75.7 Å². The Bertz CT molecular complexity index is 943. The molecule has 0 bridgehead atoms. The fourth-order valence-corrected chi connectivity index (χ4v) is 5.80. The SMILES string of the molecule is CN1CCN([C@@H]2C[C@@H]3CN(Cc4ccc(-c5ccccc5C#N)o4)C[C@@H]3C[C@H]2O)CC1. The molecule has 31 heavy (non-hydrogen) atoms. The van der Waals surface area contributed by atoms with Crippen LogP contribution in [0.5, 0.6) is 0 Å². The molecule has 1 aromatic carbocycles. The second kappa shape index (κ2) is 8.76. The molecule has 2 saturated heterocycles. The molecule has 5 rings (SSSR count). The van der Waals surface area contributed by atoms with Gasteiger partial charge in [-0.05, 0) is 56.0 Å². The maximum absolute atomic E-state index is 10.9. The van der Waals surface area contributed by atoms with E-state index in [1.165, 1.54) is 0 Å². The highest BCUT2D eigenvalue weighted by Gasteiger charge is 2.43. The van der Waals surface area contributed by atoms with Crippen molar-refractivity contribution in [2.75, 3.05) is 46.3 Å². The predicted molar refractivity (Wildman–Crippen MR) is 119 cm³/mol. The van der Waals surface area contributed by atoms with Crippen molar-refractivity contribution in [2.45, 2.75) is 31.5 Å². The number of fused-ring (bicyclic) bond motifs is 1. The Morgan fingerprint density at radius 3 is 2.55 bits per heavy atom. The van der Waals surface area contributed by atoms with Crippen molar-refractivity contribution in [3.8, 4) is 17.4 Å². The smallest absolute Gasteiger partial charge is 0.135 e. The molecular formula is C25H32N4O2. The van der Waals surface area contributed by atoms with E-state index in [1.54, 1.807) is 0 Å². The van der Waals surface area contributed by atoms with Crippen LogP contribution in [0, 0.1) is 23.2 Å². The normalized spacial score (nSPS) is 30.2.